The summed E-state index contributed by atoms with van der Waals surface area (Å²) < 4.78 is 34.1. The number of hydrogen-bond acceptors (Lipinski definition) is 6. The molecule has 0 aliphatic carbocycles. The van der Waals surface area contributed by atoms with Gasteiger partial charge in [0.05, 0.1) is 10.6 Å². The number of sulfonamides is 1. The molecule has 0 saturated carbocycles. The van der Waals surface area contributed by atoms with Gasteiger partial charge in [-0.1, -0.05) is 47.8 Å². The third-order valence-electron chi connectivity index (χ3n) is 5.68. The lowest BCUT2D eigenvalue weighted by atomic mass is 10.1. The molecule has 2 heterocycles. The van der Waals surface area contributed by atoms with Gasteiger partial charge in [0, 0.05) is 23.7 Å². The zero-order chi connectivity index (χ0) is 23.6. The van der Waals surface area contributed by atoms with Gasteiger partial charge in [-0.25, -0.2) is 8.42 Å². The van der Waals surface area contributed by atoms with Crippen LogP contribution in [0.2, 0.25) is 5.02 Å². The van der Waals surface area contributed by atoms with Gasteiger partial charge in [0.25, 0.3) is 10.0 Å². The van der Waals surface area contributed by atoms with Gasteiger partial charge in [-0.3, -0.25) is 9.52 Å². The number of amides is 1. The minimum Gasteiger partial charge on any atom is -0.334 e. The summed E-state index contributed by atoms with van der Waals surface area (Å²) in [5.41, 5.74) is 2.13. The highest BCUT2D eigenvalue weighted by Gasteiger charge is 2.25. The predicted molar refractivity (Wildman–Crippen MR) is 126 cm³/mol. The van der Waals surface area contributed by atoms with Gasteiger partial charge >= 0.3 is 11.8 Å². The van der Waals surface area contributed by atoms with Crippen molar-refractivity contribution in [3.05, 3.63) is 58.4 Å². The molecule has 1 aliphatic heterocycles. The van der Waals surface area contributed by atoms with E-state index in [4.69, 9.17) is 16.1 Å². The summed E-state index contributed by atoms with van der Waals surface area (Å²) in [6.07, 6.45) is 4.10. The third-order valence-corrected chi connectivity index (χ3v) is 7.42. The van der Waals surface area contributed by atoms with Crippen LogP contribution in [-0.4, -0.2) is 42.5 Å². The second kappa shape index (κ2) is 9.52. The molecule has 33 heavy (non-hydrogen) atoms. The topological polar surface area (TPSA) is 105 Å². The molecule has 174 valence electrons. The van der Waals surface area contributed by atoms with E-state index in [9.17, 15) is 13.2 Å². The van der Waals surface area contributed by atoms with Crippen LogP contribution in [0.4, 0.5) is 5.69 Å². The molecule has 10 heteroatoms. The first-order valence-corrected chi connectivity index (χ1v) is 12.6. The van der Waals surface area contributed by atoms with Crippen LogP contribution in [0.25, 0.3) is 11.4 Å². The molecule has 0 spiro atoms. The maximum atomic E-state index is 13.1. The molecule has 4 rings (SSSR count). The van der Waals surface area contributed by atoms with Crippen molar-refractivity contribution in [1.82, 2.24) is 15.0 Å². The summed E-state index contributed by atoms with van der Waals surface area (Å²) in [5, 5.41) is 4.35. The number of anilines is 1. The lowest BCUT2D eigenvalue weighted by molar-refractivity contribution is 0.0711. The largest absolute Gasteiger partial charge is 0.334 e. The lowest BCUT2D eigenvalue weighted by Gasteiger charge is -2.17. The number of carbonyl (C=O) groups excluding carboxylic acids is 1. The monoisotopic (exact) mass is 488 g/mol. The molecule has 0 radical (unpaired) electrons. The Balaban J connectivity index is 1.61. The van der Waals surface area contributed by atoms with Crippen LogP contribution < -0.4 is 4.72 Å². The minimum atomic E-state index is -3.91. The SMILES string of the molecule is Cc1ccc(Cl)cc1NS(=O)(=O)c1cc(-c2noc(C(=O)N3CCCCCC3)n2)ccc1C. The third kappa shape index (κ3) is 5.20. The number of aromatic nitrogens is 2. The van der Waals surface area contributed by atoms with Gasteiger partial charge in [0.15, 0.2) is 0 Å². The number of halogens is 1. The van der Waals surface area contributed by atoms with Gasteiger partial charge in [-0.05, 0) is 56.0 Å². The fraction of sp³-hybridized carbons (Fsp3) is 0.348. The van der Waals surface area contributed by atoms with Gasteiger partial charge in [0.1, 0.15) is 0 Å². The van der Waals surface area contributed by atoms with Crippen LogP contribution in [0.5, 0.6) is 0 Å². The molecule has 1 saturated heterocycles. The zero-order valence-electron chi connectivity index (χ0n) is 18.5. The Morgan fingerprint density at radius 3 is 2.45 bits per heavy atom. The van der Waals surface area contributed by atoms with Crippen LogP contribution in [0.1, 0.15) is 47.5 Å². The Labute approximate surface area is 198 Å². The molecule has 1 aliphatic rings. The highest BCUT2D eigenvalue weighted by atomic mass is 35.5. The highest BCUT2D eigenvalue weighted by Crippen LogP contribution is 2.28. The molecular formula is C23H25ClN4O4S. The average molecular weight is 489 g/mol. The first-order chi connectivity index (χ1) is 15.7. The van der Waals surface area contributed by atoms with Crippen molar-refractivity contribution in [2.45, 2.75) is 44.4 Å². The van der Waals surface area contributed by atoms with E-state index in [-0.39, 0.29) is 22.5 Å². The predicted octanol–water partition coefficient (Wildman–Crippen LogP) is 4.82. The summed E-state index contributed by atoms with van der Waals surface area (Å²) in [4.78, 5) is 18.8. The van der Waals surface area contributed by atoms with Crippen molar-refractivity contribution in [3.8, 4) is 11.4 Å². The second-order valence-electron chi connectivity index (χ2n) is 8.17. The number of hydrogen-bond donors (Lipinski definition) is 1. The second-order valence-corrected chi connectivity index (χ2v) is 10.3. The Hall–Kier alpha value is -2.91. The molecule has 0 atom stereocenters. The summed E-state index contributed by atoms with van der Waals surface area (Å²) in [5.74, 6) is -0.234. The molecule has 2 aromatic carbocycles. The van der Waals surface area contributed by atoms with Gasteiger partial charge < -0.3 is 9.42 Å². The first kappa shape index (κ1) is 23.3. The highest BCUT2D eigenvalue weighted by molar-refractivity contribution is 7.92. The smallest absolute Gasteiger partial charge is 0.316 e. The number of carbonyl (C=O) groups is 1. The lowest BCUT2D eigenvalue weighted by Crippen LogP contribution is -2.32. The van der Waals surface area contributed by atoms with Crippen LogP contribution in [0.15, 0.2) is 45.8 Å². The Kier molecular flexibility index (Phi) is 6.71. The van der Waals surface area contributed by atoms with Crippen molar-refractivity contribution < 1.29 is 17.7 Å². The van der Waals surface area contributed by atoms with Crippen LogP contribution in [0, 0.1) is 13.8 Å². The number of nitrogens with zero attached hydrogens (tertiary/aromatic N) is 3. The Bertz CT molecular complexity index is 1280. The molecule has 1 fully saturated rings. The molecule has 0 bridgehead atoms. The maximum absolute atomic E-state index is 13.1. The van der Waals surface area contributed by atoms with E-state index < -0.39 is 10.0 Å². The minimum absolute atomic E-state index is 0.0737. The normalized spacial score (nSPS) is 14.7. The van der Waals surface area contributed by atoms with Crippen LogP contribution >= 0.6 is 11.6 Å². The number of nitrogens with one attached hydrogen (secondary N) is 1. The average Bonchev–Trinajstić information content (AvgIpc) is 3.11. The van der Waals surface area contributed by atoms with E-state index in [1.165, 1.54) is 6.07 Å². The van der Waals surface area contributed by atoms with Gasteiger partial charge in [-0.2, -0.15) is 4.98 Å². The van der Waals surface area contributed by atoms with Crippen molar-refractivity contribution in [2.24, 2.45) is 0 Å². The molecular weight excluding hydrogens is 464 g/mol. The molecule has 0 unspecified atom stereocenters. The van der Waals surface area contributed by atoms with Gasteiger partial charge in [-0.15, -0.1) is 0 Å². The summed E-state index contributed by atoms with van der Waals surface area (Å²) >= 11 is 6.03. The van der Waals surface area contributed by atoms with E-state index in [0.717, 1.165) is 31.2 Å². The first-order valence-electron chi connectivity index (χ1n) is 10.8. The molecule has 3 aromatic rings. The number of aryl methyl sites for hydroxylation is 2. The fourth-order valence-corrected chi connectivity index (χ4v) is 5.33. The number of rotatable bonds is 5. The van der Waals surface area contributed by atoms with Crippen LogP contribution in [-0.2, 0) is 10.0 Å². The van der Waals surface area contributed by atoms with E-state index in [1.54, 1.807) is 49.1 Å². The van der Waals surface area contributed by atoms with Crippen molar-refractivity contribution in [2.75, 3.05) is 17.8 Å². The van der Waals surface area contributed by atoms with E-state index in [0.29, 0.717) is 34.9 Å². The van der Waals surface area contributed by atoms with E-state index >= 15 is 0 Å². The fourth-order valence-electron chi connectivity index (χ4n) is 3.77. The van der Waals surface area contributed by atoms with E-state index in [2.05, 4.69) is 14.9 Å². The van der Waals surface area contributed by atoms with Crippen molar-refractivity contribution in [3.63, 3.8) is 0 Å². The van der Waals surface area contributed by atoms with E-state index in [1.807, 2.05) is 0 Å². The quantitative estimate of drug-likeness (QED) is 0.551. The molecule has 8 nitrogen and oxygen atoms in total. The standard InChI is InChI=1S/C23H25ClN4O4S/c1-15-8-10-18(24)14-19(15)27-33(30,31)20-13-17(9-7-16(20)2)21-25-22(32-26-21)23(29)28-11-5-3-4-6-12-28/h7-10,13-14,27H,3-6,11-12H2,1-2H3. The van der Waals surface area contributed by atoms with Crippen molar-refractivity contribution >= 4 is 33.2 Å². The zero-order valence-corrected chi connectivity index (χ0v) is 20.0. The number of benzene rings is 2. The maximum Gasteiger partial charge on any atom is 0.316 e. The summed E-state index contributed by atoms with van der Waals surface area (Å²) in [6, 6.07) is 9.84. The van der Waals surface area contributed by atoms with Gasteiger partial charge in [0.2, 0.25) is 5.82 Å². The van der Waals surface area contributed by atoms with Crippen LogP contribution in [0.3, 0.4) is 0 Å². The summed E-state index contributed by atoms with van der Waals surface area (Å²) in [7, 11) is -3.91. The Morgan fingerprint density at radius 1 is 1.03 bits per heavy atom. The number of likely N-dealkylation sites (tertiary alicyclic amines) is 1. The molecule has 1 N–H and O–H groups in total. The Morgan fingerprint density at radius 2 is 1.73 bits per heavy atom. The van der Waals surface area contributed by atoms with Crippen molar-refractivity contribution in [1.29, 1.82) is 0 Å². The molecule has 1 aromatic heterocycles. The summed E-state index contributed by atoms with van der Waals surface area (Å²) in [6.45, 7) is 4.82. The molecule has 1 amide bonds.